The second-order valence-electron chi connectivity index (χ2n) is 14.9. The third kappa shape index (κ3) is 8.50. The number of rotatable bonds is 5. The van der Waals surface area contributed by atoms with Crippen molar-refractivity contribution in [2.75, 3.05) is 10.6 Å². The topological polar surface area (TPSA) is 176 Å². The van der Waals surface area contributed by atoms with Crippen LogP contribution >= 0.6 is 24.8 Å². The van der Waals surface area contributed by atoms with Crippen molar-refractivity contribution in [3.63, 3.8) is 0 Å². The van der Waals surface area contributed by atoms with Crippen molar-refractivity contribution in [3.8, 4) is 56.9 Å². The number of benzene rings is 4. The van der Waals surface area contributed by atoms with E-state index in [0.717, 1.165) is 85.2 Å². The molecule has 0 aliphatic carbocycles. The van der Waals surface area contributed by atoms with E-state index in [4.69, 9.17) is 10.5 Å². The SMILES string of the molecule is CC(C)(C)OC(=O)NCc1ccc(-c2nnc3n2-c2cccnc2Nc2ccccc2-3)cc1.Cl.Cl.NCc1ccc(-c2nnc3n2-c2cccnc2Nc2ccccc2-3)cc1. The van der Waals surface area contributed by atoms with Crippen LogP contribution in [0.5, 0.6) is 0 Å². The Labute approximate surface area is 364 Å². The Morgan fingerprint density at radius 1 is 0.607 bits per heavy atom. The number of aromatic nitrogens is 8. The van der Waals surface area contributed by atoms with Crippen LogP contribution in [-0.4, -0.2) is 51.2 Å². The minimum absolute atomic E-state index is 0. The number of halogens is 2. The second kappa shape index (κ2) is 17.6. The van der Waals surface area contributed by atoms with E-state index in [2.05, 4.69) is 50.9 Å². The molecule has 0 saturated heterocycles. The molecule has 0 bridgehead atoms. The molecule has 0 radical (unpaired) electrons. The number of hydrogen-bond acceptors (Lipinski definition) is 11. The van der Waals surface area contributed by atoms with Gasteiger partial charge in [-0.1, -0.05) is 72.8 Å². The Kier molecular flexibility index (Phi) is 12.1. The third-order valence-electron chi connectivity index (χ3n) is 9.72. The Balaban J connectivity index is 0.000000182. The fraction of sp³-hybridized carbons (Fsp3) is 0.133. The molecule has 61 heavy (non-hydrogen) atoms. The Bertz CT molecular complexity index is 2820. The Morgan fingerprint density at radius 3 is 1.51 bits per heavy atom. The highest BCUT2D eigenvalue weighted by atomic mass is 35.5. The van der Waals surface area contributed by atoms with Gasteiger partial charge in [0, 0.05) is 47.7 Å². The maximum absolute atomic E-state index is 11.9. The van der Waals surface area contributed by atoms with Crippen LogP contribution in [0.25, 0.3) is 56.9 Å². The first-order valence-corrected chi connectivity index (χ1v) is 19.1. The van der Waals surface area contributed by atoms with E-state index < -0.39 is 11.7 Å². The van der Waals surface area contributed by atoms with Gasteiger partial charge in [-0.15, -0.1) is 45.2 Å². The quantitative estimate of drug-likeness (QED) is 0.130. The summed E-state index contributed by atoms with van der Waals surface area (Å²) in [6.07, 6.45) is 3.10. The van der Waals surface area contributed by atoms with Gasteiger partial charge in [-0.25, -0.2) is 14.8 Å². The standard InChI is InChI=1S/C25H24N6O2.C20H16N6.2ClH/c1-25(2,3)33-24(32)27-15-16-10-12-17(13-11-16)22-29-30-23-18-7-4-5-8-19(18)28-21-20(31(22)23)9-6-14-26-21;21-12-13-7-9-14(10-8-13)19-24-25-20-15-4-1-2-5-16(15)23-18-17(26(19)20)6-3-11-22-18;;/h4-14H,15H2,1-3H3,(H,26,28)(H,27,32);1-11H,12,21H2,(H,22,23);2*1H. The van der Waals surface area contributed by atoms with Gasteiger partial charge in [0.2, 0.25) is 0 Å². The van der Waals surface area contributed by atoms with Crippen LogP contribution in [0.15, 0.2) is 134 Å². The number of alkyl carbamates (subject to hydrolysis) is 1. The first-order chi connectivity index (χ1) is 28.7. The first kappa shape index (κ1) is 42.0. The van der Waals surface area contributed by atoms with Crippen LogP contribution in [0.3, 0.4) is 0 Å². The molecule has 0 fully saturated rings. The monoisotopic (exact) mass is 852 g/mol. The predicted octanol–water partition coefficient (Wildman–Crippen LogP) is 9.43. The van der Waals surface area contributed by atoms with Crippen molar-refractivity contribution >= 4 is 53.9 Å². The Morgan fingerprint density at radius 2 is 1.05 bits per heavy atom. The van der Waals surface area contributed by atoms with Crippen LogP contribution in [0.1, 0.15) is 31.9 Å². The molecule has 0 atom stereocenters. The van der Waals surface area contributed by atoms with Crippen molar-refractivity contribution in [2.24, 2.45) is 5.73 Å². The van der Waals surface area contributed by atoms with Crippen molar-refractivity contribution in [1.29, 1.82) is 0 Å². The number of nitrogens with one attached hydrogen (secondary N) is 3. The number of fused-ring (bicyclic) bond motifs is 10. The van der Waals surface area contributed by atoms with Gasteiger partial charge in [0.1, 0.15) is 5.60 Å². The highest BCUT2D eigenvalue weighted by molar-refractivity contribution is 5.87. The number of carbonyl (C=O) groups is 1. The molecule has 5 N–H and O–H groups in total. The van der Waals surface area contributed by atoms with E-state index in [-0.39, 0.29) is 24.8 Å². The highest BCUT2D eigenvalue weighted by Crippen LogP contribution is 2.40. The van der Waals surface area contributed by atoms with Gasteiger partial charge in [-0.2, -0.15) is 0 Å². The molecule has 1 amide bonds. The fourth-order valence-electron chi connectivity index (χ4n) is 6.97. The summed E-state index contributed by atoms with van der Waals surface area (Å²) in [5, 5.41) is 27.6. The molecule has 16 heteroatoms. The zero-order valence-corrected chi connectivity index (χ0v) is 35.0. The summed E-state index contributed by atoms with van der Waals surface area (Å²) in [6, 6.07) is 39.8. The van der Waals surface area contributed by atoms with Crippen LogP contribution in [-0.2, 0) is 17.8 Å². The molecule has 6 heterocycles. The number of para-hydroxylation sites is 2. The van der Waals surface area contributed by atoms with Gasteiger partial charge >= 0.3 is 6.09 Å². The van der Waals surface area contributed by atoms with Gasteiger partial charge in [-0.3, -0.25) is 9.13 Å². The summed E-state index contributed by atoms with van der Waals surface area (Å²) < 4.78 is 9.37. The number of nitrogens with two attached hydrogens (primary N) is 1. The molecule has 0 unspecified atom stereocenters. The smallest absolute Gasteiger partial charge is 0.407 e. The average Bonchev–Trinajstić information content (AvgIpc) is 3.82. The lowest BCUT2D eigenvalue weighted by molar-refractivity contribution is 0.0523. The van der Waals surface area contributed by atoms with E-state index >= 15 is 0 Å². The average molecular weight is 854 g/mol. The number of hydrogen-bond donors (Lipinski definition) is 4. The lowest BCUT2D eigenvalue weighted by atomic mass is 10.1. The number of nitrogens with zero attached hydrogens (tertiary/aromatic N) is 8. The Hall–Kier alpha value is -7.13. The van der Waals surface area contributed by atoms with Gasteiger partial charge < -0.3 is 26.4 Å². The molecule has 14 nitrogen and oxygen atoms in total. The van der Waals surface area contributed by atoms with Crippen LogP contribution in [0, 0.1) is 0 Å². The summed E-state index contributed by atoms with van der Waals surface area (Å²) in [4.78, 5) is 21.0. The molecule has 2 aliphatic rings. The molecule has 8 aromatic rings. The number of anilines is 4. The summed E-state index contributed by atoms with van der Waals surface area (Å²) >= 11 is 0. The largest absolute Gasteiger partial charge is 0.444 e. The lowest BCUT2D eigenvalue weighted by Gasteiger charge is -2.19. The zero-order chi connectivity index (χ0) is 40.5. The van der Waals surface area contributed by atoms with Gasteiger partial charge in [-0.05, 0) is 80.4 Å². The molecule has 308 valence electrons. The van der Waals surface area contributed by atoms with Crippen LogP contribution < -0.4 is 21.7 Å². The highest BCUT2D eigenvalue weighted by Gasteiger charge is 2.26. The zero-order valence-electron chi connectivity index (χ0n) is 33.4. The van der Waals surface area contributed by atoms with E-state index in [1.165, 1.54) is 0 Å². The van der Waals surface area contributed by atoms with Crippen molar-refractivity contribution in [1.82, 2.24) is 44.8 Å². The van der Waals surface area contributed by atoms with Crippen molar-refractivity contribution < 1.29 is 9.53 Å². The predicted molar refractivity (Wildman–Crippen MR) is 242 cm³/mol. The number of ether oxygens (including phenoxy) is 1. The summed E-state index contributed by atoms with van der Waals surface area (Å²) in [5.41, 5.74) is 14.7. The second-order valence-corrected chi connectivity index (χ2v) is 14.9. The number of amides is 1. The molecule has 4 aromatic heterocycles. The lowest BCUT2D eigenvalue weighted by Crippen LogP contribution is -2.32. The third-order valence-corrected chi connectivity index (χ3v) is 9.72. The molecule has 10 rings (SSSR count). The summed E-state index contributed by atoms with van der Waals surface area (Å²) in [5.74, 6) is 4.54. The molecule has 4 aromatic carbocycles. The summed E-state index contributed by atoms with van der Waals surface area (Å²) in [6.45, 7) is 6.40. The minimum Gasteiger partial charge on any atom is -0.444 e. The van der Waals surface area contributed by atoms with E-state index in [1.807, 2.05) is 147 Å². The van der Waals surface area contributed by atoms with Gasteiger partial charge in [0.25, 0.3) is 0 Å². The van der Waals surface area contributed by atoms with Gasteiger partial charge in [0.15, 0.2) is 34.9 Å². The van der Waals surface area contributed by atoms with E-state index in [1.54, 1.807) is 12.4 Å². The van der Waals surface area contributed by atoms with Crippen LogP contribution in [0.2, 0.25) is 0 Å². The maximum Gasteiger partial charge on any atom is 0.407 e. The summed E-state index contributed by atoms with van der Waals surface area (Å²) in [7, 11) is 0. The normalized spacial score (nSPS) is 11.5. The molecule has 0 spiro atoms. The van der Waals surface area contributed by atoms with E-state index in [0.29, 0.717) is 18.9 Å². The van der Waals surface area contributed by atoms with Crippen molar-refractivity contribution in [2.45, 2.75) is 39.5 Å². The molecular weight excluding hydrogens is 811 g/mol. The number of pyridine rings is 2. The minimum atomic E-state index is -0.530. The van der Waals surface area contributed by atoms with E-state index in [9.17, 15) is 4.79 Å². The molecular formula is C45H42Cl2N12O2. The first-order valence-electron chi connectivity index (χ1n) is 19.1. The molecule has 2 aliphatic heterocycles. The molecule has 0 saturated carbocycles. The number of carbonyl (C=O) groups excluding carboxylic acids is 1. The van der Waals surface area contributed by atoms with Crippen molar-refractivity contribution in [3.05, 3.63) is 145 Å². The van der Waals surface area contributed by atoms with Crippen LogP contribution in [0.4, 0.5) is 27.8 Å². The maximum atomic E-state index is 11.9. The fourth-order valence-corrected chi connectivity index (χ4v) is 6.97. The van der Waals surface area contributed by atoms with Gasteiger partial charge in [0.05, 0.1) is 22.7 Å².